The first-order chi connectivity index (χ1) is 13.2. The number of carbonyl (C=O) groups excluding carboxylic acids is 1. The number of nitrogens with zero attached hydrogens (tertiary/aromatic N) is 2. The number of methoxy groups -OCH3 is 2. The van der Waals surface area contributed by atoms with Crippen LogP contribution in [0.25, 0.3) is 0 Å². The van der Waals surface area contributed by atoms with E-state index in [0.717, 1.165) is 38.3 Å². The minimum absolute atomic E-state index is 0.0780. The number of benzene rings is 2. The van der Waals surface area contributed by atoms with Gasteiger partial charge in [-0.2, -0.15) is 0 Å². The minimum Gasteiger partial charge on any atom is -0.497 e. The van der Waals surface area contributed by atoms with Crippen molar-refractivity contribution < 1.29 is 14.3 Å². The normalized spacial score (nSPS) is 15.1. The molecule has 2 aromatic rings. The van der Waals surface area contributed by atoms with Crippen LogP contribution in [0.5, 0.6) is 11.5 Å². The van der Waals surface area contributed by atoms with Crippen molar-refractivity contribution in [1.29, 1.82) is 0 Å². The molecule has 144 valence electrons. The van der Waals surface area contributed by atoms with Gasteiger partial charge >= 0.3 is 6.03 Å². The van der Waals surface area contributed by atoms with E-state index in [2.05, 4.69) is 22.3 Å². The van der Waals surface area contributed by atoms with E-state index in [9.17, 15) is 4.79 Å². The van der Waals surface area contributed by atoms with Gasteiger partial charge in [-0.05, 0) is 36.2 Å². The van der Waals surface area contributed by atoms with Crippen molar-refractivity contribution in [3.63, 3.8) is 0 Å². The topological polar surface area (TPSA) is 54.0 Å². The van der Waals surface area contributed by atoms with Crippen molar-refractivity contribution in [2.75, 3.05) is 45.7 Å². The van der Waals surface area contributed by atoms with Crippen LogP contribution in [0.15, 0.2) is 48.5 Å². The predicted molar refractivity (Wildman–Crippen MR) is 106 cm³/mol. The second-order valence-corrected chi connectivity index (χ2v) is 6.60. The van der Waals surface area contributed by atoms with E-state index in [1.807, 2.05) is 41.3 Å². The van der Waals surface area contributed by atoms with Gasteiger partial charge in [0.25, 0.3) is 0 Å². The third kappa shape index (κ3) is 5.14. The van der Waals surface area contributed by atoms with Crippen LogP contribution < -0.4 is 14.8 Å². The second-order valence-electron chi connectivity index (χ2n) is 6.60. The number of nitrogens with one attached hydrogen (secondary N) is 1. The maximum Gasteiger partial charge on any atom is 0.321 e. The van der Waals surface area contributed by atoms with Crippen molar-refractivity contribution in [1.82, 2.24) is 9.80 Å². The number of hydrogen-bond donors (Lipinski definition) is 1. The molecule has 1 heterocycles. The summed E-state index contributed by atoms with van der Waals surface area (Å²) in [7, 11) is 3.28. The van der Waals surface area contributed by atoms with Crippen LogP contribution >= 0.6 is 0 Å². The van der Waals surface area contributed by atoms with Crippen molar-refractivity contribution in [3.8, 4) is 11.5 Å². The third-order valence-electron chi connectivity index (χ3n) is 4.79. The summed E-state index contributed by atoms with van der Waals surface area (Å²) in [6.45, 7) is 4.17. The third-order valence-corrected chi connectivity index (χ3v) is 4.79. The highest BCUT2D eigenvalue weighted by atomic mass is 16.5. The standard InChI is InChI=1S/C21H27N3O3/c1-26-18-10-8-17(9-11-18)16-23-12-5-13-24(15-14-23)21(25)22-19-6-3-4-7-20(19)27-2/h3-4,6-11H,5,12-16H2,1-2H3,(H,22,25). The van der Waals surface area contributed by atoms with Gasteiger partial charge in [-0.1, -0.05) is 24.3 Å². The van der Waals surface area contributed by atoms with Gasteiger partial charge in [-0.15, -0.1) is 0 Å². The molecule has 3 rings (SSSR count). The molecule has 6 heteroatoms. The van der Waals surface area contributed by atoms with Crippen molar-refractivity contribution >= 4 is 11.7 Å². The molecule has 2 aromatic carbocycles. The van der Waals surface area contributed by atoms with Crippen LogP contribution in [0.1, 0.15) is 12.0 Å². The number of hydrogen-bond acceptors (Lipinski definition) is 4. The zero-order chi connectivity index (χ0) is 19.1. The van der Waals surface area contributed by atoms with Gasteiger partial charge in [0.15, 0.2) is 0 Å². The summed E-state index contributed by atoms with van der Waals surface area (Å²) < 4.78 is 10.5. The van der Waals surface area contributed by atoms with Gasteiger partial charge in [-0.3, -0.25) is 4.90 Å². The van der Waals surface area contributed by atoms with E-state index < -0.39 is 0 Å². The quantitative estimate of drug-likeness (QED) is 0.877. The lowest BCUT2D eigenvalue weighted by Gasteiger charge is -2.23. The zero-order valence-corrected chi connectivity index (χ0v) is 16.0. The van der Waals surface area contributed by atoms with E-state index in [0.29, 0.717) is 18.0 Å². The van der Waals surface area contributed by atoms with E-state index >= 15 is 0 Å². The molecule has 27 heavy (non-hydrogen) atoms. The maximum atomic E-state index is 12.7. The highest BCUT2D eigenvalue weighted by Crippen LogP contribution is 2.23. The fourth-order valence-electron chi connectivity index (χ4n) is 3.26. The van der Waals surface area contributed by atoms with Gasteiger partial charge in [0.05, 0.1) is 19.9 Å². The number of para-hydroxylation sites is 2. The molecule has 0 aromatic heterocycles. The van der Waals surface area contributed by atoms with E-state index in [1.54, 1.807) is 14.2 Å². The van der Waals surface area contributed by atoms with E-state index in [1.165, 1.54) is 5.56 Å². The molecule has 0 aliphatic carbocycles. The Morgan fingerprint density at radius 2 is 1.74 bits per heavy atom. The first-order valence-corrected chi connectivity index (χ1v) is 9.24. The number of urea groups is 1. The molecule has 2 amide bonds. The SMILES string of the molecule is COc1ccc(CN2CCCN(C(=O)Nc3ccccc3OC)CC2)cc1. The Morgan fingerprint density at radius 3 is 2.48 bits per heavy atom. The molecule has 0 spiro atoms. The van der Waals surface area contributed by atoms with Crippen molar-refractivity contribution in [2.24, 2.45) is 0 Å². The Hall–Kier alpha value is -2.73. The fraction of sp³-hybridized carbons (Fsp3) is 0.381. The molecule has 6 nitrogen and oxygen atoms in total. The number of anilines is 1. The number of carbonyl (C=O) groups is 1. The summed E-state index contributed by atoms with van der Waals surface area (Å²) in [6, 6.07) is 15.5. The Labute approximate surface area is 160 Å². The molecule has 1 N–H and O–H groups in total. The minimum atomic E-state index is -0.0780. The van der Waals surface area contributed by atoms with Crippen LogP contribution in [0, 0.1) is 0 Å². The molecule has 1 aliphatic rings. The first-order valence-electron chi connectivity index (χ1n) is 9.24. The van der Waals surface area contributed by atoms with Crippen LogP contribution in [0.2, 0.25) is 0 Å². The Morgan fingerprint density at radius 1 is 0.963 bits per heavy atom. The van der Waals surface area contributed by atoms with Gasteiger partial charge in [0.2, 0.25) is 0 Å². The van der Waals surface area contributed by atoms with Gasteiger partial charge < -0.3 is 19.7 Å². The molecule has 1 saturated heterocycles. The Balaban J connectivity index is 1.55. The highest BCUT2D eigenvalue weighted by Gasteiger charge is 2.20. The Bertz CT molecular complexity index is 749. The lowest BCUT2D eigenvalue weighted by atomic mass is 10.2. The molecule has 0 atom stereocenters. The number of ether oxygens (including phenoxy) is 2. The fourth-order valence-corrected chi connectivity index (χ4v) is 3.26. The molecule has 1 aliphatic heterocycles. The van der Waals surface area contributed by atoms with Crippen LogP contribution in [-0.2, 0) is 6.54 Å². The summed E-state index contributed by atoms with van der Waals surface area (Å²) in [5, 5.41) is 2.97. The average molecular weight is 369 g/mol. The lowest BCUT2D eigenvalue weighted by Crippen LogP contribution is -2.38. The van der Waals surface area contributed by atoms with Crippen LogP contribution in [0.3, 0.4) is 0 Å². The first kappa shape index (κ1) is 19.0. The van der Waals surface area contributed by atoms with Crippen LogP contribution in [-0.4, -0.2) is 56.2 Å². The molecule has 0 radical (unpaired) electrons. The molecular weight excluding hydrogens is 342 g/mol. The largest absolute Gasteiger partial charge is 0.497 e. The summed E-state index contributed by atoms with van der Waals surface area (Å²) in [5.74, 6) is 1.54. The lowest BCUT2D eigenvalue weighted by molar-refractivity contribution is 0.211. The molecule has 0 unspecified atom stereocenters. The summed E-state index contributed by atoms with van der Waals surface area (Å²) in [4.78, 5) is 16.9. The molecule has 0 saturated carbocycles. The van der Waals surface area contributed by atoms with Gasteiger partial charge in [0, 0.05) is 32.7 Å². The second kappa shape index (κ2) is 9.28. The van der Waals surface area contributed by atoms with E-state index in [-0.39, 0.29) is 6.03 Å². The molecular formula is C21H27N3O3. The summed E-state index contributed by atoms with van der Waals surface area (Å²) in [6.07, 6.45) is 0.954. The molecule has 1 fully saturated rings. The average Bonchev–Trinajstić information content (AvgIpc) is 2.94. The van der Waals surface area contributed by atoms with Crippen molar-refractivity contribution in [2.45, 2.75) is 13.0 Å². The van der Waals surface area contributed by atoms with Crippen LogP contribution in [0.4, 0.5) is 10.5 Å². The number of amides is 2. The predicted octanol–water partition coefficient (Wildman–Crippen LogP) is 3.44. The summed E-state index contributed by atoms with van der Waals surface area (Å²) >= 11 is 0. The van der Waals surface area contributed by atoms with E-state index in [4.69, 9.17) is 9.47 Å². The highest BCUT2D eigenvalue weighted by molar-refractivity contribution is 5.91. The zero-order valence-electron chi connectivity index (χ0n) is 16.0. The Kier molecular flexibility index (Phi) is 6.54. The van der Waals surface area contributed by atoms with Crippen molar-refractivity contribution in [3.05, 3.63) is 54.1 Å². The van der Waals surface area contributed by atoms with Gasteiger partial charge in [-0.25, -0.2) is 4.79 Å². The smallest absolute Gasteiger partial charge is 0.321 e. The monoisotopic (exact) mass is 369 g/mol. The maximum absolute atomic E-state index is 12.7. The summed E-state index contributed by atoms with van der Waals surface area (Å²) in [5.41, 5.74) is 1.95. The number of rotatable bonds is 5. The molecule has 0 bridgehead atoms. The van der Waals surface area contributed by atoms with Gasteiger partial charge in [0.1, 0.15) is 11.5 Å².